The largest absolute Gasteiger partial charge is 0.350 e. The van der Waals surface area contributed by atoms with Crippen molar-refractivity contribution in [2.24, 2.45) is 7.05 Å². The SMILES string of the molecule is Cc1nc(NCc2cccc3cnccc23)n(C)n1. The van der Waals surface area contributed by atoms with Crippen molar-refractivity contribution in [2.75, 3.05) is 5.32 Å². The Kier molecular flexibility index (Phi) is 2.87. The Balaban J connectivity index is 1.88. The lowest BCUT2D eigenvalue weighted by molar-refractivity contribution is 0.758. The Bertz CT molecular complexity index is 711. The minimum absolute atomic E-state index is 0.716. The van der Waals surface area contributed by atoms with Gasteiger partial charge in [-0.2, -0.15) is 10.1 Å². The minimum atomic E-state index is 0.716. The van der Waals surface area contributed by atoms with Crippen molar-refractivity contribution in [2.45, 2.75) is 13.5 Å². The van der Waals surface area contributed by atoms with E-state index in [9.17, 15) is 0 Å². The highest BCUT2D eigenvalue weighted by Gasteiger charge is 2.05. The molecule has 1 N–H and O–H groups in total. The fourth-order valence-electron chi connectivity index (χ4n) is 2.18. The van der Waals surface area contributed by atoms with Crippen molar-refractivity contribution in [3.63, 3.8) is 0 Å². The molecular weight excluding hydrogens is 238 g/mol. The number of benzene rings is 1. The van der Waals surface area contributed by atoms with Crippen molar-refractivity contribution >= 4 is 16.7 Å². The van der Waals surface area contributed by atoms with Gasteiger partial charge in [0.05, 0.1) is 0 Å². The molecule has 1 aromatic carbocycles. The molecule has 0 atom stereocenters. The number of anilines is 1. The Morgan fingerprint density at radius 2 is 2.16 bits per heavy atom. The summed E-state index contributed by atoms with van der Waals surface area (Å²) in [5, 5.41) is 9.89. The standard InChI is InChI=1S/C14H15N5/c1-10-17-14(19(2)18-10)16-9-12-5-3-4-11-8-15-7-6-13(11)12/h3-8H,9H2,1-2H3,(H,16,17,18). The third kappa shape index (κ3) is 2.27. The van der Waals surface area contributed by atoms with Crippen LogP contribution in [0.5, 0.6) is 0 Å². The lowest BCUT2D eigenvalue weighted by atomic mass is 10.1. The van der Waals surface area contributed by atoms with Crippen LogP contribution in [-0.2, 0) is 13.6 Å². The first-order valence-electron chi connectivity index (χ1n) is 6.17. The lowest BCUT2D eigenvalue weighted by Crippen LogP contribution is -2.06. The van der Waals surface area contributed by atoms with E-state index in [1.165, 1.54) is 10.9 Å². The smallest absolute Gasteiger partial charge is 0.221 e. The molecule has 0 unspecified atom stereocenters. The summed E-state index contributed by atoms with van der Waals surface area (Å²) in [6.07, 6.45) is 3.70. The highest BCUT2D eigenvalue weighted by atomic mass is 15.4. The van der Waals surface area contributed by atoms with E-state index in [1.54, 1.807) is 4.68 Å². The van der Waals surface area contributed by atoms with Gasteiger partial charge in [0.2, 0.25) is 5.95 Å². The van der Waals surface area contributed by atoms with Crippen molar-refractivity contribution in [1.29, 1.82) is 0 Å². The number of hydrogen-bond donors (Lipinski definition) is 1. The molecule has 0 aliphatic heterocycles. The van der Waals surface area contributed by atoms with Crippen molar-refractivity contribution in [3.05, 3.63) is 48.0 Å². The topological polar surface area (TPSA) is 55.6 Å². The van der Waals surface area contributed by atoms with Crippen molar-refractivity contribution in [1.82, 2.24) is 19.7 Å². The van der Waals surface area contributed by atoms with E-state index in [-0.39, 0.29) is 0 Å². The van der Waals surface area contributed by atoms with E-state index < -0.39 is 0 Å². The molecule has 5 nitrogen and oxygen atoms in total. The molecule has 0 fully saturated rings. The maximum absolute atomic E-state index is 4.33. The Morgan fingerprint density at radius 1 is 1.26 bits per heavy atom. The van der Waals surface area contributed by atoms with Crippen molar-refractivity contribution in [3.8, 4) is 0 Å². The number of aromatic nitrogens is 4. The molecule has 2 heterocycles. The first-order valence-corrected chi connectivity index (χ1v) is 6.17. The number of hydrogen-bond acceptors (Lipinski definition) is 4. The summed E-state index contributed by atoms with van der Waals surface area (Å²) in [4.78, 5) is 8.48. The van der Waals surface area contributed by atoms with Crippen molar-refractivity contribution < 1.29 is 0 Å². The zero-order valence-electron chi connectivity index (χ0n) is 11.0. The van der Waals surface area contributed by atoms with Crippen LogP contribution in [-0.4, -0.2) is 19.7 Å². The van der Waals surface area contributed by atoms with Gasteiger partial charge in [-0.05, 0) is 23.9 Å². The number of nitrogens with one attached hydrogen (secondary N) is 1. The fraction of sp³-hybridized carbons (Fsp3) is 0.214. The van der Waals surface area contributed by atoms with Crippen LogP contribution in [0.2, 0.25) is 0 Å². The number of nitrogens with zero attached hydrogens (tertiary/aromatic N) is 4. The summed E-state index contributed by atoms with van der Waals surface area (Å²) in [5.74, 6) is 1.55. The van der Waals surface area contributed by atoms with Gasteiger partial charge in [-0.3, -0.25) is 4.98 Å². The predicted octanol–water partition coefficient (Wildman–Crippen LogP) is 2.28. The summed E-state index contributed by atoms with van der Waals surface area (Å²) < 4.78 is 1.75. The molecule has 3 rings (SSSR count). The number of rotatable bonds is 3. The molecule has 19 heavy (non-hydrogen) atoms. The second kappa shape index (κ2) is 4.68. The second-order valence-corrected chi connectivity index (χ2v) is 4.47. The summed E-state index contributed by atoms with van der Waals surface area (Å²) in [7, 11) is 1.88. The average Bonchev–Trinajstić information content (AvgIpc) is 2.74. The molecule has 2 aromatic heterocycles. The molecule has 0 radical (unpaired) electrons. The Labute approximate surface area is 111 Å². The molecule has 5 heteroatoms. The van der Waals surface area contributed by atoms with E-state index >= 15 is 0 Å². The van der Waals surface area contributed by atoms with Crippen LogP contribution in [0.15, 0.2) is 36.7 Å². The van der Waals surface area contributed by atoms with Crippen LogP contribution in [0.25, 0.3) is 10.8 Å². The van der Waals surface area contributed by atoms with E-state index in [4.69, 9.17) is 0 Å². The van der Waals surface area contributed by atoms with E-state index in [0.29, 0.717) is 6.54 Å². The quantitative estimate of drug-likeness (QED) is 0.778. The molecule has 0 saturated heterocycles. The van der Waals surface area contributed by atoms with E-state index in [2.05, 4.69) is 32.5 Å². The predicted molar refractivity (Wildman–Crippen MR) is 74.8 cm³/mol. The van der Waals surface area contributed by atoms with Gasteiger partial charge in [-0.1, -0.05) is 18.2 Å². The zero-order valence-corrected chi connectivity index (χ0v) is 11.0. The van der Waals surface area contributed by atoms with Gasteiger partial charge < -0.3 is 5.32 Å². The summed E-state index contributed by atoms with van der Waals surface area (Å²) in [5.41, 5.74) is 1.22. The third-order valence-electron chi connectivity index (χ3n) is 3.08. The Morgan fingerprint density at radius 3 is 2.95 bits per heavy atom. The molecule has 0 aliphatic carbocycles. The zero-order chi connectivity index (χ0) is 13.2. The van der Waals surface area contributed by atoms with Gasteiger partial charge >= 0.3 is 0 Å². The first kappa shape index (κ1) is 11.6. The highest BCUT2D eigenvalue weighted by molar-refractivity contribution is 5.84. The molecule has 3 aromatic rings. The van der Waals surface area contributed by atoms with Gasteiger partial charge in [-0.15, -0.1) is 0 Å². The van der Waals surface area contributed by atoms with Gasteiger partial charge in [0, 0.05) is 31.4 Å². The average molecular weight is 253 g/mol. The van der Waals surface area contributed by atoms with Crippen LogP contribution in [0.3, 0.4) is 0 Å². The Hall–Kier alpha value is -2.43. The van der Waals surface area contributed by atoms with Crippen LogP contribution in [0.4, 0.5) is 5.95 Å². The van der Waals surface area contributed by atoms with Crippen LogP contribution >= 0.6 is 0 Å². The maximum Gasteiger partial charge on any atom is 0.221 e. The first-order chi connectivity index (χ1) is 9.24. The van der Waals surface area contributed by atoms with Crippen LogP contribution in [0, 0.1) is 6.92 Å². The van der Waals surface area contributed by atoms with Gasteiger partial charge in [0.25, 0.3) is 0 Å². The molecule has 0 aliphatic rings. The molecule has 96 valence electrons. The van der Waals surface area contributed by atoms with Crippen LogP contribution < -0.4 is 5.32 Å². The summed E-state index contributed by atoms with van der Waals surface area (Å²) in [6.45, 7) is 2.60. The number of aryl methyl sites for hydroxylation is 2. The maximum atomic E-state index is 4.33. The molecule has 0 saturated carbocycles. The van der Waals surface area contributed by atoms with E-state index in [0.717, 1.165) is 17.2 Å². The highest BCUT2D eigenvalue weighted by Crippen LogP contribution is 2.18. The van der Waals surface area contributed by atoms with Gasteiger partial charge in [-0.25, -0.2) is 4.68 Å². The summed E-state index contributed by atoms with van der Waals surface area (Å²) in [6, 6.07) is 8.26. The van der Waals surface area contributed by atoms with Crippen LogP contribution in [0.1, 0.15) is 11.4 Å². The fourth-order valence-corrected chi connectivity index (χ4v) is 2.18. The molecule has 0 bridgehead atoms. The second-order valence-electron chi connectivity index (χ2n) is 4.47. The lowest BCUT2D eigenvalue weighted by Gasteiger charge is -2.08. The normalized spacial score (nSPS) is 10.8. The van der Waals surface area contributed by atoms with Gasteiger partial charge in [0.15, 0.2) is 0 Å². The third-order valence-corrected chi connectivity index (χ3v) is 3.08. The van der Waals surface area contributed by atoms with Gasteiger partial charge in [0.1, 0.15) is 5.82 Å². The summed E-state index contributed by atoms with van der Waals surface area (Å²) >= 11 is 0. The molecular formula is C14H15N5. The minimum Gasteiger partial charge on any atom is -0.350 e. The number of fused-ring (bicyclic) bond motifs is 1. The molecule has 0 spiro atoms. The number of pyridine rings is 1. The monoisotopic (exact) mass is 253 g/mol. The molecule has 0 amide bonds. The van der Waals surface area contributed by atoms with E-state index in [1.807, 2.05) is 38.5 Å².